The number of hydrogen-bond acceptors (Lipinski definition) is 3. The van der Waals surface area contributed by atoms with Crippen molar-refractivity contribution in [2.45, 2.75) is 63.7 Å². The second-order valence-electron chi connectivity index (χ2n) is 9.07. The molecule has 2 nitrogen and oxygen atoms in total. The van der Waals surface area contributed by atoms with Gasteiger partial charge in [-0.1, -0.05) is 67.8 Å². The first kappa shape index (κ1) is 20.5. The molecule has 29 heavy (non-hydrogen) atoms. The molecule has 154 valence electrons. The predicted octanol–water partition coefficient (Wildman–Crippen LogP) is 4.90. The van der Waals surface area contributed by atoms with Crippen molar-refractivity contribution in [1.82, 2.24) is 0 Å². The molecular weight excluding hydrogens is 376 g/mol. The summed E-state index contributed by atoms with van der Waals surface area (Å²) in [5.74, 6) is 2.18. The maximum absolute atomic E-state index is 12.5. The van der Waals surface area contributed by atoms with E-state index >= 15 is 0 Å². The van der Waals surface area contributed by atoms with Gasteiger partial charge in [0.15, 0.2) is 0 Å². The summed E-state index contributed by atoms with van der Waals surface area (Å²) in [4.78, 5) is 12.5. The Morgan fingerprint density at radius 1 is 1.21 bits per heavy atom. The predicted molar refractivity (Wildman–Crippen MR) is 123 cm³/mol. The topological polar surface area (TPSA) is 26.3 Å². The summed E-state index contributed by atoms with van der Waals surface area (Å²) in [6.45, 7) is 4.18. The quantitative estimate of drug-likeness (QED) is 0.626. The lowest BCUT2D eigenvalue weighted by Gasteiger charge is -2.36. The largest absolute Gasteiger partial charge is 0.459 e. The summed E-state index contributed by atoms with van der Waals surface area (Å²) in [5.41, 5.74) is 2.35. The van der Waals surface area contributed by atoms with Crippen molar-refractivity contribution in [2.75, 3.05) is 5.75 Å². The minimum atomic E-state index is -0.345. The number of carbonyl (C=O) groups is 1. The zero-order chi connectivity index (χ0) is 20.3. The Morgan fingerprint density at radius 3 is 2.86 bits per heavy atom. The number of esters is 1. The lowest BCUT2D eigenvalue weighted by atomic mass is 9.79. The number of carbonyl (C=O) groups excluding carboxylic acids is 1. The van der Waals surface area contributed by atoms with E-state index in [4.69, 9.17) is 4.74 Å². The molecule has 1 aromatic rings. The number of rotatable bonds is 6. The normalized spacial score (nSPS) is 21.3. The van der Waals surface area contributed by atoms with Crippen molar-refractivity contribution >= 4 is 29.9 Å². The highest BCUT2D eigenvalue weighted by atomic mass is 32.2. The summed E-state index contributed by atoms with van der Waals surface area (Å²) in [6.07, 6.45) is 18.6. The van der Waals surface area contributed by atoms with E-state index in [0.717, 1.165) is 12.2 Å². The molecule has 0 amide bonds. The van der Waals surface area contributed by atoms with E-state index in [-0.39, 0.29) is 11.6 Å². The molecule has 0 radical (unpaired) electrons. The first-order valence-electron chi connectivity index (χ1n) is 11.0. The molecule has 0 N–H and O–H groups in total. The lowest BCUT2D eigenvalue weighted by molar-refractivity contribution is -0.159. The molecule has 1 unspecified atom stereocenters. The smallest absolute Gasteiger partial charge is 0.316 e. The molecule has 0 bridgehead atoms. The van der Waals surface area contributed by atoms with Crippen LogP contribution in [0.3, 0.4) is 0 Å². The zero-order valence-electron chi connectivity index (χ0n) is 17.7. The van der Waals surface area contributed by atoms with Gasteiger partial charge in [-0.25, -0.2) is 0 Å². The number of thioether (sulfide) groups is 1. The van der Waals surface area contributed by atoms with E-state index in [2.05, 4.69) is 62.4 Å². The van der Waals surface area contributed by atoms with Crippen LogP contribution >= 0.6 is 11.8 Å². The van der Waals surface area contributed by atoms with Crippen LogP contribution in [0.4, 0.5) is 0 Å². The van der Waals surface area contributed by atoms with Crippen molar-refractivity contribution in [1.29, 1.82) is 0 Å². The maximum atomic E-state index is 12.5. The molecule has 3 aliphatic rings. The Balaban J connectivity index is 1.37. The van der Waals surface area contributed by atoms with Crippen molar-refractivity contribution in [3.05, 3.63) is 58.0 Å². The Morgan fingerprint density at radius 2 is 2.03 bits per heavy atom. The van der Waals surface area contributed by atoms with E-state index in [1.54, 1.807) is 11.8 Å². The van der Waals surface area contributed by atoms with Crippen LogP contribution in [0.25, 0.3) is 12.2 Å². The molecule has 0 saturated heterocycles. The van der Waals surface area contributed by atoms with Gasteiger partial charge in [0.05, 0.1) is 5.75 Å². The number of benzene rings is 1. The van der Waals surface area contributed by atoms with Gasteiger partial charge >= 0.3 is 5.97 Å². The summed E-state index contributed by atoms with van der Waals surface area (Å²) >= 11 is 1.66. The third-order valence-electron chi connectivity index (χ3n) is 6.61. The SMILES string of the molecule is CC(C)(OC(=O)CSCc1cccc2c1=CC1=CC=CCC1C=2)C1CCCCC1. The van der Waals surface area contributed by atoms with Crippen LogP contribution in [0.1, 0.15) is 57.9 Å². The fourth-order valence-corrected chi connectivity index (χ4v) is 5.69. The Bertz CT molecular complexity index is 932. The van der Waals surface area contributed by atoms with E-state index in [1.165, 1.54) is 53.7 Å². The molecule has 1 fully saturated rings. The molecule has 3 heteroatoms. The maximum Gasteiger partial charge on any atom is 0.316 e. The van der Waals surface area contributed by atoms with Crippen LogP contribution in [0.2, 0.25) is 0 Å². The van der Waals surface area contributed by atoms with Gasteiger partial charge in [-0.15, -0.1) is 11.8 Å². The highest BCUT2D eigenvalue weighted by Crippen LogP contribution is 2.35. The van der Waals surface area contributed by atoms with Crippen molar-refractivity contribution in [2.24, 2.45) is 11.8 Å². The molecule has 0 spiro atoms. The average molecular weight is 409 g/mol. The lowest BCUT2D eigenvalue weighted by Crippen LogP contribution is -2.38. The molecule has 1 atom stereocenters. The molecule has 1 saturated carbocycles. The standard InChI is InChI=1S/C26H32O2S/c1-26(2,23-13-4-3-5-14-23)28-25(27)18-29-17-22-12-8-11-21-15-19-9-6-7-10-20(19)16-24(21)22/h6-8,10-12,15-16,19,23H,3-5,9,13-14,17-18H2,1-2H3. The highest BCUT2D eigenvalue weighted by molar-refractivity contribution is 7.99. The molecule has 3 aliphatic carbocycles. The number of hydrogen-bond donors (Lipinski definition) is 0. The van der Waals surface area contributed by atoms with Gasteiger partial charge in [0.25, 0.3) is 0 Å². The van der Waals surface area contributed by atoms with Gasteiger partial charge in [0, 0.05) is 11.7 Å². The average Bonchev–Trinajstić information content (AvgIpc) is 2.73. The minimum Gasteiger partial charge on any atom is -0.459 e. The highest BCUT2D eigenvalue weighted by Gasteiger charge is 2.33. The third-order valence-corrected chi connectivity index (χ3v) is 7.56. The van der Waals surface area contributed by atoms with Gasteiger partial charge in [-0.2, -0.15) is 0 Å². The van der Waals surface area contributed by atoms with E-state index in [1.807, 2.05) is 0 Å². The molecular formula is C26H32O2S. The van der Waals surface area contributed by atoms with Crippen molar-refractivity contribution in [3.8, 4) is 0 Å². The molecule has 0 aromatic heterocycles. The Labute approximate surface area is 178 Å². The van der Waals surface area contributed by atoms with Gasteiger partial charge in [-0.3, -0.25) is 4.79 Å². The van der Waals surface area contributed by atoms with E-state index < -0.39 is 0 Å². The van der Waals surface area contributed by atoms with Crippen molar-refractivity contribution < 1.29 is 9.53 Å². The summed E-state index contributed by atoms with van der Waals surface area (Å²) in [5, 5.41) is 2.63. The fourth-order valence-electron chi connectivity index (χ4n) is 4.90. The Kier molecular flexibility index (Phi) is 6.34. The van der Waals surface area contributed by atoms with Crippen LogP contribution < -0.4 is 10.4 Å². The second kappa shape index (κ2) is 8.95. The monoisotopic (exact) mass is 408 g/mol. The summed E-state index contributed by atoms with van der Waals surface area (Å²) < 4.78 is 5.91. The van der Waals surface area contributed by atoms with Crippen LogP contribution in [-0.2, 0) is 15.3 Å². The van der Waals surface area contributed by atoms with Crippen molar-refractivity contribution in [3.63, 3.8) is 0 Å². The minimum absolute atomic E-state index is 0.0777. The van der Waals surface area contributed by atoms with Gasteiger partial charge in [0.1, 0.15) is 5.60 Å². The van der Waals surface area contributed by atoms with E-state index in [0.29, 0.717) is 17.6 Å². The Hall–Kier alpha value is -1.74. The number of ether oxygens (including phenoxy) is 1. The fraction of sp³-hybridized carbons (Fsp3) is 0.500. The van der Waals surface area contributed by atoms with Crippen LogP contribution in [0.15, 0.2) is 42.0 Å². The van der Waals surface area contributed by atoms with Gasteiger partial charge in [-0.05, 0) is 60.6 Å². The second-order valence-corrected chi connectivity index (χ2v) is 10.1. The zero-order valence-corrected chi connectivity index (χ0v) is 18.5. The van der Waals surface area contributed by atoms with Crippen LogP contribution in [-0.4, -0.2) is 17.3 Å². The molecule has 0 heterocycles. The first-order valence-corrected chi connectivity index (χ1v) is 12.2. The van der Waals surface area contributed by atoms with Crippen LogP contribution in [0.5, 0.6) is 0 Å². The summed E-state index contributed by atoms with van der Waals surface area (Å²) in [7, 11) is 0. The number of fused-ring (bicyclic) bond motifs is 2. The van der Waals surface area contributed by atoms with Gasteiger partial charge < -0.3 is 4.74 Å². The first-order chi connectivity index (χ1) is 14.0. The number of allylic oxidation sites excluding steroid dienone is 4. The van der Waals surface area contributed by atoms with Crippen LogP contribution in [0, 0.1) is 11.8 Å². The molecule has 4 rings (SSSR count). The third kappa shape index (κ3) is 4.88. The molecule has 1 aromatic carbocycles. The molecule has 0 aliphatic heterocycles. The van der Waals surface area contributed by atoms with Gasteiger partial charge in [0.2, 0.25) is 0 Å². The van der Waals surface area contributed by atoms with E-state index in [9.17, 15) is 4.79 Å². The summed E-state index contributed by atoms with van der Waals surface area (Å²) in [6, 6.07) is 6.53.